The first kappa shape index (κ1) is 33.2. The minimum Gasteiger partial charge on any atom is -0.463 e. The molecule has 0 fully saturated rings. The van der Waals surface area contributed by atoms with Crippen LogP contribution >= 0.6 is 7.82 Å². The van der Waals surface area contributed by atoms with E-state index < -0.39 is 26.5 Å². The van der Waals surface area contributed by atoms with Gasteiger partial charge in [-0.1, -0.05) is 67.7 Å². The van der Waals surface area contributed by atoms with E-state index in [9.17, 15) is 19.4 Å². The number of rotatable bonds is 20. The molecule has 0 aromatic carbocycles. The van der Waals surface area contributed by atoms with Gasteiger partial charge in [0.1, 0.15) is 25.9 Å². The number of hydrogen-bond donors (Lipinski definition) is 2. The van der Waals surface area contributed by atoms with Crippen molar-refractivity contribution < 1.29 is 37.6 Å². The second-order valence-electron chi connectivity index (χ2n) is 8.86. The highest BCUT2D eigenvalue weighted by Crippen LogP contribution is 2.43. The van der Waals surface area contributed by atoms with Crippen LogP contribution in [-0.4, -0.2) is 74.1 Å². The Hall–Kier alpha value is -1.80. The number of carbonyl (C=O) groups excluding carboxylic acids is 1. The van der Waals surface area contributed by atoms with E-state index in [0.717, 1.165) is 25.7 Å². The van der Waals surface area contributed by atoms with Crippen LogP contribution in [0.5, 0.6) is 0 Å². The molecule has 0 aromatic rings. The van der Waals surface area contributed by atoms with Gasteiger partial charge in [-0.15, -0.1) is 0 Å². The van der Waals surface area contributed by atoms with Crippen LogP contribution in [0.25, 0.3) is 0 Å². The number of phosphoric acid groups is 1. The maximum atomic E-state index is 11.8. The third-order valence-corrected chi connectivity index (χ3v) is 5.31. The molecule has 0 radical (unpaired) electrons. The van der Waals surface area contributed by atoms with E-state index >= 15 is 0 Å². The molecule has 200 valence electrons. The van der Waals surface area contributed by atoms with Gasteiger partial charge in [-0.05, 0) is 32.1 Å². The summed E-state index contributed by atoms with van der Waals surface area (Å²) in [6, 6.07) is 0. The van der Waals surface area contributed by atoms with Crippen molar-refractivity contribution in [3.05, 3.63) is 60.8 Å². The molecule has 0 aromatic heterocycles. The van der Waals surface area contributed by atoms with Gasteiger partial charge in [0.05, 0.1) is 34.2 Å². The molecule has 0 aliphatic heterocycles. The van der Waals surface area contributed by atoms with Crippen molar-refractivity contribution in [3.8, 4) is 0 Å². The minimum atomic E-state index is -4.26. The van der Waals surface area contributed by atoms with Crippen LogP contribution in [0.15, 0.2) is 60.8 Å². The molecule has 2 N–H and O–H groups in total. The van der Waals surface area contributed by atoms with Crippen LogP contribution in [0.4, 0.5) is 0 Å². The van der Waals surface area contributed by atoms with E-state index in [1.165, 1.54) is 0 Å². The number of likely N-dealkylation sites (N-methyl/N-ethyl adjacent to an activating group) is 1. The van der Waals surface area contributed by atoms with E-state index in [2.05, 4.69) is 49.5 Å². The number of nitrogens with zero attached hydrogens (tertiary/aromatic N) is 1. The third-order valence-electron chi connectivity index (χ3n) is 4.33. The van der Waals surface area contributed by atoms with E-state index in [-0.39, 0.29) is 19.6 Å². The number of allylic oxidation sites excluding steroid dienone is 9. The average molecular weight is 515 g/mol. The first-order valence-corrected chi connectivity index (χ1v) is 13.6. The summed E-state index contributed by atoms with van der Waals surface area (Å²) in [5.74, 6) is -0.503. The molecule has 0 heterocycles. The van der Waals surface area contributed by atoms with Gasteiger partial charge in [-0.2, -0.15) is 0 Å². The van der Waals surface area contributed by atoms with Crippen LogP contribution in [-0.2, 0) is 23.1 Å². The molecule has 0 bridgehead atoms. The number of carbonyl (C=O) groups is 1. The molecule has 0 rings (SSSR count). The van der Waals surface area contributed by atoms with Crippen LogP contribution in [0.1, 0.15) is 45.4 Å². The molecule has 0 saturated carbocycles. The van der Waals surface area contributed by atoms with Gasteiger partial charge in [0.15, 0.2) is 0 Å². The lowest BCUT2D eigenvalue weighted by Gasteiger charge is -2.24. The molecule has 0 spiro atoms. The summed E-state index contributed by atoms with van der Waals surface area (Å²) in [5, 5.41) is 9.79. The maximum absolute atomic E-state index is 11.8. The molecule has 2 atom stereocenters. The van der Waals surface area contributed by atoms with Crippen LogP contribution < -0.4 is 0 Å². The van der Waals surface area contributed by atoms with Crippen molar-refractivity contribution in [3.63, 3.8) is 0 Å². The predicted octanol–water partition coefficient (Wildman–Crippen LogP) is 4.87. The molecule has 9 heteroatoms. The summed E-state index contributed by atoms with van der Waals surface area (Å²) in [7, 11) is 1.50. The summed E-state index contributed by atoms with van der Waals surface area (Å²) >= 11 is 0. The highest BCUT2D eigenvalue weighted by Gasteiger charge is 2.24. The van der Waals surface area contributed by atoms with Gasteiger partial charge in [0, 0.05) is 0 Å². The Labute approximate surface area is 211 Å². The number of phosphoric ester groups is 1. The van der Waals surface area contributed by atoms with Crippen LogP contribution in [0.3, 0.4) is 0 Å². The topological polar surface area (TPSA) is 102 Å². The van der Waals surface area contributed by atoms with Crippen molar-refractivity contribution in [1.82, 2.24) is 0 Å². The number of esters is 1. The maximum Gasteiger partial charge on any atom is 0.472 e. The largest absolute Gasteiger partial charge is 0.472 e. The van der Waals surface area contributed by atoms with Crippen molar-refractivity contribution >= 4 is 13.8 Å². The molecular weight excluding hydrogens is 469 g/mol. The Morgan fingerprint density at radius 2 is 1.31 bits per heavy atom. The smallest absolute Gasteiger partial charge is 0.463 e. The predicted molar refractivity (Wildman–Crippen MR) is 141 cm³/mol. The zero-order chi connectivity index (χ0) is 26.4. The fourth-order valence-electron chi connectivity index (χ4n) is 2.37. The Kier molecular flexibility index (Phi) is 19.3. The first-order chi connectivity index (χ1) is 16.6. The lowest BCUT2D eigenvalue weighted by Crippen LogP contribution is -2.37. The van der Waals surface area contributed by atoms with E-state index in [1.54, 1.807) is 6.08 Å². The number of aliphatic hydroxyl groups excluding tert-OH is 1. The Bertz CT molecular complexity index is 751. The van der Waals surface area contributed by atoms with Gasteiger partial charge < -0.3 is 19.2 Å². The van der Waals surface area contributed by atoms with Crippen molar-refractivity contribution in [2.45, 2.75) is 51.6 Å². The van der Waals surface area contributed by atoms with Gasteiger partial charge in [0.2, 0.25) is 0 Å². The number of aliphatic hydroxyl groups is 1. The molecule has 0 aliphatic carbocycles. The minimum absolute atomic E-state index is 0.0373. The molecule has 2 unspecified atom stereocenters. The van der Waals surface area contributed by atoms with Gasteiger partial charge >= 0.3 is 13.8 Å². The zero-order valence-corrected chi connectivity index (χ0v) is 22.6. The summed E-state index contributed by atoms with van der Waals surface area (Å²) in [6.45, 7) is 1.87. The summed E-state index contributed by atoms with van der Waals surface area (Å²) in [5.41, 5.74) is 0. The van der Waals surface area contributed by atoms with E-state index in [0.29, 0.717) is 17.4 Å². The Balaban J connectivity index is 3.86. The van der Waals surface area contributed by atoms with Crippen LogP contribution in [0.2, 0.25) is 0 Å². The molecule has 0 aliphatic rings. The second kappa shape index (κ2) is 20.4. The lowest BCUT2D eigenvalue weighted by molar-refractivity contribution is -0.870. The summed E-state index contributed by atoms with van der Waals surface area (Å²) < 4.78 is 26.9. The first-order valence-electron chi connectivity index (χ1n) is 12.1. The normalized spacial score (nSPS) is 15.7. The SMILES string of the molecule is CC/C=C\C/C=C\C/C=C\C/C=C\C/C=C\CC(=O)OCC(O)COP(=O)(O)OCC[N+](C)(C)C. The van der Waals surface area contributed by atoms with E-state index in [4.69, 9.17) is 13.8 Å². The number of hydrogen-bond acceptors (Lipinski definition) is 6. The summed E-state index contributed by atoms with van der Waals surface area (Å²) in [6.07, 6.45) is 24.0. The van der Waals surface area contributed by atoms with Crippen molar-refractivity contribution in [1.29, 1.82) is 0 Å². The van der Waals surface area contributed by atoms with Crippen LogP contribution in [0, 0.1) is 0 Å². The molecular formula is C26H45NO7P+. The molecule has 8 nitrogen and oxygen atoms in total. The highest BCUT2D eigenvalue weighted by molar-refractivity contribution is 7.47. The highest BCUT2D eigenvalue weighted by atomic mass is 31.2. The van der Waals surface area contributed by atoms with Gasteiger partial charge in [0.25, 0.3) is 0 Å². The van der Waals surface area contributed by atoms with Crippen molar-refractivity contribution in [2.24, 2.45) is 0 Å². The molecule has 0 amide bonds. The van der Waals surface area contributed by atoms with E-state index in [1.807, 2.05) is 33.3 Å². The fourth-order valence-corrected chi connectivity index (χ4v) is 3.12. The fraction of sp³-hybridized carbons (Fsp3) is 0.577. The summed E-state index contributed by atoms with van der Waals surface area (Å²) in [4.78, 5) is 21.3. The third kappa shape index (κ3) is 25.1. The Morgan fingerprint density at radius 3 is 1.80 bits per heavy atom. The Morgan fingerprint density at radius 1 is 0.829 bits per heavy atom. The standard InChI is InChI=1S/C26H44NO7P/c1-5-6-7-8-9-10-11-12-13-14-15-16-17-18-19-20-26(29)32-23-25(28)24-34-35(30,31)33-22-21-27(2,3)4/h6-7,9-10,12-13,15-16,18-19,25,28H,5,8,11,14,17,20-24H2,1-4H3/p+1/b7-6-,10-9-,13-12-,16-15-,19-18-. The number of ether oxygens (including phenoxy) is 1. The zero-order valence-electron chi connectivity index (χ0n) is 21.8. The quantitative estimate of drug-likeness (QED) is 0.103. The number of quaternary nitrogens is 1. The molecule has 0 saturated heterocycles. The van der Waals surface area contributed by atoms with Crippen molar-refractivity contribution in [2.75, 3.05) is 47.5 Å². The second-order valence-corrected chi connectivity index (χ2v) is 10.3. The van der Waals surface area contributed by atoms with Gasteiger partial charge in [-0.3, -0.25) is 13.8 Å². The van der Waals surface area contributed by atoms with Gasteiger partial charge in [-0.25, -0.2) is 4.57 Å². The monoisotopic (exact) mass is 514 g/mol. The average Bonchev–Trinajstić information content (AvgIpc) is 2.78. The lowest BCUT2D eigenvalue weighted by atomic mass is 10.2. The molecule has 35 heavy (non-hydrogen) atoms.